The van der Waals surface area contributed by atoms with Gasteiger partial charge < -0.3 is 14.9 Å². The summed E-state index contributed by atoms with van der Waals surface area (Å²) in [7, 11) is 0. The van der Waals surface area contributed by atoms with E-state index in [9.17, 15) is 29.9 Å². The van der Waals surface area contributed by atoms with E-state index in [-0.39, 0.29) is 53.1 Å². The predicted molar refractivity (Wildman–Crippen MR) is 163 cm³/mol. The van der Waals surface area contributed by atoms with E-state index in [1.165, 1.54) is 24.3 Å². The van der Waals surface area contributed by atoms with Gasteiger partial charge in [-0.05, 0) is 90.6 Å². The topological polar surface area (TPSA) is 142 Å². The predicted octanol–water partition coefficient (Wildman–Crippen LogP) is 7.45. The first-order chi connectivity index (χ1) is 20.7. The van der Waals surface area contributed by atoms with E-state index in [1.807, 2.05) is 18.2 Å². The molecule has 2 unspecified atom stereocenters. The van der Waals surface area contributed by atoms with Crippen molar-refractivity contribution in [3.8, 4) is 11.5 Å². The van der Waals surface area contributed by atoms with E-state index < -0.39 is 11.0 Å². The number of nitro groups is 1. The number of hydrogen-bond donors (Lipinski definition) is 3. The van der Waals surface area contributed by atoms with Crippen LogP contribution < -0.4 is 10.4 Å². The molecule has 2 amide bonds. The van der Waals surface area contributed by atoms with Gasteiger partial charge in [-0.1, -0.05) is 51.3 Å². The molecule has 3 aromatic carbocycles. The number of nitrogens with one attached hydrogen (secondary N) is 1. The Labute approximate surface area is 251 Å². The van der Waals surface area contributed by atoms with Gasteiger partial charge in [0.25, 0.3) is 5.69 Å². The third kappa shape index (κ3) is 7.82. The second kappa shape index (κ2) is 14.5. The lowest BCUT2D eigenvalue weighted by Crippen LogP contribution is -2.49. The van der Waals surface area contributed by atoms with Crippen molar-refractivity contribution in [1.82, 2.24) is 5.43 Å². The first-order valence-electron chi connectivity index (χ1n) is 14.8. The van der Waals surface area contributed by atoms with Crippen LogP contribution in [-0.4, -0.2) is 27.1 Å². The van der Waals surface area contributed by atoms with Gasteiger partial charge in [0, 0.05) is 18.1 Å². The molecular formula is C33H39N3O7. The van der Waals surface area contributed by atoms with Gasteiger partial charge in [0.15, 0.2) is 0 Å². The largest absolute Gasteiger partial charge is 0.508 e. The second-order valence-corrected chi connectivity index (χ2v) is 11.0. The summed E-state index contributed by atoms with van der Waals surface area (Å²) in [5, 5.41) is 32.8. The molecule has 3 N–H and O–H groups in total. The summed E-state index contributed by atoms with van der Waals surface area (Å²) in [6, 6.07) is 17.9. The molecule has 0 heterocycles. The van der Waals surface area contributed by atoms with Crippen LogP contribution in [0.2, 0.25) is 0 Å². The second-order valence-electron chi connectivity index (χ2n) is 11.0. The number of amides is 2. The third-order valence-electron chi connectivity index (χ3n) is 8.25. The van der Waals surface area contributed by atoms with Crippen LogP contribution in [0.25, 0.3) is 0 Å². The van der Waals surface area contributed by atoms with Crippen LogP contribution in [0, 0.1) is 16.0 Å². The fourth-order valence-corrected chi connectivity index (χ4v) is 5.93. The number of hydrogen-bond acceptors (Lipinski definition) is 7. The molecule has 4 rings (SSSR count). The number of hydrazine groups is 1. The number of aromatic hydroxyl groups is 2. The van der Waals surface area contributed by atoms with Crippen LogP contribution in [-0.2, 0) is 16.1 Å². The molecule has 0 bridgehead atoms. The minimum Gasteiger partial charge on any atom is -0.508 e. The zero-order valence-corrected chi connectivity index (χ0v) is 24.6. The van der Waals surface area contributed by atoms with E-state index in [0.717, 1.165) is 48.2 Å². The molecule has 43 heavy (non-hydrogen) atoms. The Hall–Kier alpha value is -4.60. The lowest BCUT2D eigenvalue weighted by atomic mass is 9.78. The van der Waals surface area contributed by atoms with Crippen LogP contribution in [0.3, 0.4) is 0 Å². The lowest BCUT2D eigenvalue weighted by molar-refractivity contribution is -0.384. The number of carbonyl (C=O) groups excluding carboxylic acids is 2. The van der Waals surface area contributed by atoms with Gasteiger partial charge >= 0.3 is 6.09 Å². The highest BCUT2D eigenvalue weighted by atomic mass is 16.6. The van der Waals surface area contributed by atoms with Crippen molar-refractivity contribution in [3.63, 3.8) is 0 Å². The summed E-state index contributed by atoms with van der Waals surface area (Å²) in [6.45, 7) is 4.02. The van der Waals surface area contributed by atoms with Gasteiger partial charge in [0.1, 0.15) is 23.8 Å². The highest BCUT2D eigenvalue weighted by Gasteiger charge is 2.31. The number of benzene rings is 3. The molecule has 1 saturated carbocycles. The summed E-state index contributed by atoms with van der Waals surface area (Å²) < 4.78 is 5.36. The highest BCUT2D eigenvalue weighted by Crippen LogP contribution is 2.41. The first kappa shape index (κ1) is 31.3. The number of carbonyl (C=O) groups is 2. The minimum atomic E-state index is -0.894. The molecule has 1 aliphatic carbocycles. The summed E-state index contributed by atoms with van der Waals surface area (Å²) >= 11 is 0. The smallest absolute Gasteiger partial charge is 0.426 e. The molecule has 1 aliphatic rings. The van der Waals surface area contributed by atoms with Crippen molar-refractivity contribution in [2.75, 3.05) is 5.01 Å². The van der Waals surface area contributed by atoms with Gasteiger partial charge in [0.05, 0.1) is 4.92 Å². The van der Waals surface area contributed by atoms with E-state index in [2.05, 4.69) is 19.3 Å². The number of nitrogens with zero attached hydrogens (tertiary/aromatic N) is 2. The number of nitro benzene ring substituents is 1. The van der Waals surface area contributed by atoms with E-state index in [0.29, 0.717) is 18.4 Å². The fraction of sp³-hybridized carbons (Fsp3) is 0.394. The molecule has 10 heteroatoms. The average Bonchev–Trinajstić information content (AvgIpc) is 3.03. The van der Waals surface area contributed by atoms with Crippen molar-refractivity contribution in [3.05, 3.63) is 93.5 Å². The van der Waals surface area contributed by atoms with Crippen LogP contribution in [0.4, 0.5) is 16.2 Å². The van der Waals surface area contributed by atoms with Crippen molar-refractivity contribution in [2.45, 2.75) is 77.2 Å². The first-order valence-corrected chi connectivity index (χ1v) is 14.8. The third-order valence-corrected chi connectivity index (χ3v) is 8.25. The Kier molecular flexibility index (Phi) is 10.6. The van der Waals surface area contributed by atoms with Crippen molar-refractivity contribution in [1.29, 1.82) is 0 Å². The Bertz CT molecular complexity index is 1400. The van der Waals surface area contributed by atoms with Crippen LogP contribution in [0.15, 0.2) is 66.7 Å². The molecule has 0 saturated heterocycles. The molecule has 0 aromatic heterocycles. The summed E-state index contributed by atoms with van der Waals surface area (Å²) in [4.78, 5) is 37.2. The van der Waals surface area contributed by atoms with Gasteiger partial charge in [-0.2, -0.15) is 0 Å². The van der Waals surface area contributed by atoms with Crippen LogP contribution >= 0.6 is 0 Å². The Balaban J connectivity index is 1.61. The van der Waals surface area contributed by atoms with E-state index >= 15 is 0 Å². The maximum Gasteiger partial charge on any atom is 0.426 e. The summed E-state index contributed by atoms with van der Waals surface area (Å²) in [5.74, 6) is -0.440. The zero-order chi connectivity index (χ0) is 30.9. The Morgan fingerprint density at radius 1 is 0.930 bits per heavy atom. The molecule has 1 fully saturated rings. The number of non-ortho nitro benzene ring substituents is 1. The molecule has 0 aliphatic heterocycles. The molecule has 3 aromatic rings. The van der Waals surface area contributed by atoms with Gasteiger partial charge in [0.2, 0.25) is 5.91 Å². The standard InChI is InChI=1S/C33H39N3O7/c1-3-28(23-12-17-27(37)18-13-23)29(4-2)25-14-19-31(38)30(20-25)35(32(39)24-8-6-5-7-9-24)34-33(40)43-21-22-10-15-26(16-11-22)36(41)42/h10-20,24,28-29,37-38H,3-9,21H2,1-2H3,(H,34,40). The Morgan fingerprint density at radius 3 is 2.14 bits per heavy atom. The maximum absolute atomic E-state index is 13.8. The SMILES string of the molecule is CCC(c1ccc(O)cc1)C(CC)c1ccc(O)c(N(NC(=O)OCc2ccc([N+](=O)[O-])cc2)C(=O)C2CCCCC2)c1. The number of ether oxygens (including phenoxy) is 1. The minimum absolute atomic E-state index is 0.0367. The maximum atomic E-state index is 13.8. The number of rotatable bonds is 10. The van der Waals surface area contributed by atoms with Gasteiger partial charge in [-0.15, -0.1) is 0 Å². The quantitative estimate of drug-likeness (QED) is 0.165. The highest BCUT2D eigenvalue weighted by molar-refractivity contribution is 5.98. The molecular weight excluding hydrogens is 550 g/mol. The monoisotopic (exact) mass is 589 g/mol. The average molecular weight is 590 g/mol. The van der Waals surface area contributed by atoms with E-state index in [1.54, 1.807) is 24.3 Å². The number of phenols is 2. The zero-order valence-electron chi connectivity index (χ0n) is 24.6. The van der Waals surface area contributed by atoms with Crippen molar-refractivity contribution in [2.24, 2.45) is 5.92 Å². The summed E-state index contributed by atoms with van der Waals surface area (Å²) in [6.07, 6.45) is 4.95. The van der Waals surface area contributed by atoms with Gasteiger partial charge in [-0.25, -0.2) is 15.2 Å². The molecule has 10 nitrogen and oxygen atoms in total. The molecule has 2 atom stereocenters. The molecule has 228 valence electrons. The number of phenolic OH excluding ortho intramolecular Hbond substituents is 2. The number of anilines is 1. The van der Waals surface area contributed by atoms with Crippen LogP contribution in [0.1, 0.15) is 87.3 Å². The fourth-order valence-electron chi connectivity index (χ4n) is 5.93. The van der Waals surface area contributed by atoms with Crippen molar-refractivity contribution < 1.29 is 29.5 Å². The van der Waals surface area contributed by atoms with Gasteiger partial charge in [-0.3, -0.25) is 14.9 Å². The lowest BCUT2D eigenvalue weighted by Gasteiger charge is -2.31. The van der Waals surface area contributed by atoms with Crippen LogP contribution in [0.5, 0.6) is 11.5 Å². The Morgan fingerprint density at radius 2 is 1.53 bits per heavy atom. The summed E-state index contributed by atoms with van der Waals surface area (Å²) in [5.41, 5.74) is 5.17. The molecule has 0 radical (unpaired) electrons. The van der Waals surface area contributed by atoms with Crippen molar-refractivity contribution >= 4 is 23.4 Å². The normalized spacial score (nSPS) is 14.8. The molecule has 0 spiro atoms. The van der Waals surface area contributed by atoms with E-state index in [4.69, 9.17) is 4.74 Å².